The number of aliphatic hydroxyl groups is 2. The topological polar surface area (TPSA) is 231 Å². The highest BCUT2D eigenvalue weighted by Crippen LogP contribution is 2.45. The van der Waals surface area contributed by atoms with Crippen molar-refractivity contribution in [2.24, 2.45) is 0 Å². The third-order valence-electron chi connectivity index (χ3n) is 18.7. The lowest BCUT2D eigenvalue weighted by atomic mass is 10.0. The number of allylic oxidation sites excluding steroid dienone is 20. The zero-order valence-electron chi connectivity index (χ0n) is 69.2. The Balaban J connectivity index is 4.36. The number of aliphatic hydroxyl groups excluding tert-OH is 2. The van der Waals surface area contributed by atoms with Crippen LogP contribution < -0.4 is 0 Å². The van der Waals surface area contributed by atoms with Crippen molar-refractivity contribution in [2.45, 2.75) is 399 Å². The van der Waals surface area contributed by atoms with Crippen LogP contribution in [0.15, 0.2) is 122 Å². The maximum Gasteiger partial charge on any atom is 0.472 e. The molecule has 16 nitrogen and oxygen atoms in total. The largest absolute Gasteiger partial charge is 0.472 e. The Kier molecular flexibility index (Phi) is 80.3. The van der Waals surface area contributed by atoms with Crippen molar-refractivity contribution >= 4 is 33.6 Å². The van der Waals surface area contributed by atoms with Crippen molar-refractivity contribution in [2.75, 3.05) is 39.6 Å². The van der Waals surface area contributed by atoms with Crippen molar-refractivity contribution in [3.05, 3.63) is 122 Å². The monoisotopic (exact) mass is 1570 g/mol. The SMILES string of the molecule is CC/C=C\C/C=C\C/C=C\C/C=C\C/C=C\CCCCCCCCCCCCCCCCCC(=O)OCC(O)COP(=O)(O)OCC(O)COP(=O)(O)OCC(COC(=O)CCCCCCCCCCCCCCCCC/C=C\C/C=C\C/C=C\C/C=C\C/C=C\CC)OC(=O)CCCCCCCCCCCCC. The number of carbonyl (C=O) groups excluding carboxylic acids is 3. The van der Waals surface area contributed by atoms with E-state index in [-0.39, 0.29) is 19.3 Å². The Labute approximate surface area is 665 Å². The summed E-state index contributed by atoms with van der Waals surface area (Å²) in [4.78, 5) is 58.7. The number of ether oxygens (including phenoxy) is 3. The molecule has 0 aliphatic heterocycles. The van der Waals surface area contributed by atoms with E-state index in [9.17, 15) is 43.5 Å². The van der Waals surface area contributed by atoms with Gasteiger partial charge in [0.2, 0.25) is 0 Å². The molecule has 0 fully saturated rings. The second-order valence-electron chi connectivity index (χ2n) is 29.3. The summed E-state index contributed by atoms with van der Waals surface area (Å²) in [7, 11) is -9.78. The second-order valence-corrected chi connectivity index (χ2v) is 32.2. The third kappa shape index (κ3) is 84.7. The zero-order valence-corrected chi connectivity index (χ0v) is 71.0. The summed E-state index contributed by atoms with van der Waals surface area (Å²) < 4.78 is 61.2. The zero-order chi connectivity index (χ0) is 79.4. The van der Waals surface area contributed by atoms with E-state index in [0.29, 0.717) is 19.3 Å². The minimum atomic E-state index is -4.93. The molecule has 0 spiro atoms. The van der Waals surface area contributed by atoms with Gasteiger partial charge in [-0.3, -0.25) is 32.5 Å². The number of esters is 3. The molecule has 5 atom stereocenters. The van der Waals surface area contributed by atoms with Crippen LogP contribution in [0.25, 0.3) is 0 Å². The van der Waals surface area contributed by atoms with Gasteiger partial charge in [-0.25, -0.2) is 9.13 Å². The molecule has 630 valence electrons. The lowest BCUT2D eigenvalue weighted by molar-refractivity contribution is -0.161. The number of rotatable bonds is 83. The normalized spacial score (nSPS) is 14.4. The Bertz CT molecular complexity index is 2460. The molecular formula is C91H160O16P2. The number of phosphoric ester groups is 2. The summed E-state index contributed by atoms with van der Waals surface area (Å²) in [6.07, 6.45) is 101. The molecule has 0 saturated carbocycles. The van der Waals surface area contributed by atoms with Crippen LogP contribution in [0.3, 0.4) is 0 Å². The summed E-state index contributed by atoms with van der Waals surface area (Å²) in [5, 5.41) is 20.7. The summed E-state index contributed by atoms with van der Waals surface area (Å²) in [6, 6.07) is 0. The molecule has 0 bridgehead atoms. The van der Waals surface area contributed by atoms with E-state index in [0.717, 1.165) is 128 Å². The smallest absolute Gasteiger partial charge is 0.463 e. The van der Waals surface area contributed by atoms with Crippen molar-refractivity contribution in [1.29, 1.82) is 0 Å². The number of hydrogen-bond acceptors (Lipinski definition) is 14. The van der Waals surface area contributed by atoms with Crippen LogP contribution in [-0.2, 0) is 55.8 Å². The number of hydrogen-bond donors (Lipinski definition) is 4. The lowest BCUT2D eigenvalue weighted by Gasteiger charge is -2.21. The van der Waals surface area contributed by atoms with Gasteiger partial charge in [0.15, 0.2) is 6.10 Å². The van der Waals surface area contributed by atoms with Crippen LogP contribution in [0.5, 0.6) is 0 Å². The first-order chi connectivity index (χ1) is 53.2. The Morgan fingerprint density at radius 3 is 0.771 bits per heavy atom. The van der Waals surface area contributed by atoms with Gasteiger partial charge in [-0.05, 0) is 109 Å². The molecule has 5 unspecified atom stereocenters. The maximum atomic E-state index is 13.0. The molecule has 0 aliphatic rings. The van der Waals surface area contributed by atoms with E-state index >= 15 is 0 Å². The standard InChI is InChI=1S/C91H160O16P2/c1-4-7-10-13-16-19-22-24-26-28-30-32-34-36-38-40-42-44-46-48-50-52-54-56-58-60-63-65-68-71-74-77-89(94)101-80-86(92)81-103-108(97,98)104-82-87(93)83-105-109(99,100)106-85-88(107-91(96)79-76-73-70-67-62-21-18-15-12-9-6-3)84-102-90(95)78-75-72-69-66-64-61-59-57-55-53-51-49-47-45-43-41-39-37-35-33-31-29-27-25-23-20-17-14-11-8-5-2/h7-8,10-11,16-17,19-20,24-27,30-33,36-39,86-88,92-93H,4-6,9,12-15,18,21-23,28-29,34-35,40-85H2,1-3H3,(H,97,98)(H,99,100)/b10-7-,11-8-,19-16-,20-17-,26-24-,27-25-,32-30-,33-31-,38-36-,39-37-. The maximum absolute atomic E-state index is 13.0. The van der Waals surface area contributed by atoms with Crippen LogP contribution in [0.1, 0.15) is 380 Å². The lowest BCUT2D eigenvalue weighted by Crippen LogP contribution is -2.30. The molecule has 0 aliphatic carbocycles. The fourth-order valence-electron chi connectivity index (χ4n) is 12.1. The van der Waals surface area contributed by atoms with Gasteiger partial charge in [0.05, 0.1) is 26.4 Å². The molecule has 4 N–H and O–H groups in total. The molecule has 109 heavy (non-hydrogen) atoms. The fourth-order valence-corrected chi connectivity index (χ4v) is 13.7. The molecule has 0 saturated heterocycles. The van der Waals surface area contributed by atoms with E-state index in [1.54, 1.807) is 0 Å². The van der Waals surface area contributed by atoms with Crippen molar-refractivity contribution in [3.8, 4) is 0 Å². The number of phosphoric acid groups is 2. The van der Waals surface area contributed by atoms with Gasteiger partial charge in [0, 0.05) is 19.3 Å². The highest BCUT2D eigenvalue weighted by molar-refractivity contribution is 7.47. The summed E-state index contributed by atoms with van der Waals surface area (Å²) in [5.41, 5.74) is 0. The van der Waals surface area contributed by atoms with Crippen LogP contribution in [0.4, 0.5) is 0 Å². The second kappa shape index (κ2) is 83.4. The minimum Gasteiger partial charge on any atom is -0.463 e. The summed E-state index contributed by atoms with van der Waals surface area (Å²) in [5.74, 6) is -1.56. The van der Waals surface area contributed by atoms with Crippen molar-refractivity contribution < 1.29 is 75.8 Å². The fraction of sp³-hybridized carbons (Fsp3) is 0.747. The van der Waals surface area contributed by atoms with Crippen LogP contribution in [0, 0.1) is 0 Å². The van der Waals surface area contributed by atoms with E-state index < -0.39 is 91.5 Å². The van der Waals surface area contributed by atoms with Gasteiger partial charge >= 0.3 is 33.6 Å². The first-order valence-corrected chi connectivity index (χ1v) is 46.8. The van der Waals surface area contributed by atoms with Gasteiger partial charge in [0.1, 0.15) is 25.4 Å². The molecule has 0 aromatic carbocycles. The Hall–Kier alpha value is -4.05. The molecule has 0 amide bonds. The predicted molar refractivity (Wildman–Crippen MR) is 454 cm³/mol. The van der Waals surface area contributed by atoms with E-state index in [2.05, 4.69) is 142 Å². The van der Waals surface area contributed by atoms with Gasteiger partial charge < -0.3 is 34.2 Å². The highest BCUT2D eigenvalue weighted by Gasteiger charge is 2.29. The van der Waals surface area contributed by atoms with Gasteiger partial charge in [-0.1, -0.05) is 373 Å². The first-order valence-electron chi connectivity index (χ1n) is 43.8. The molecule has 0 heterocycles. The van der Waals surface area contributed by atoms with Gasteiger partial charge in [0.25, 0.3) is 0 Å². The minimum absolute atomic E-state index is 0.108. The Morgan fingerprint density at radius 2 is 0.486 bits per heavy atom. The van der Waals surface area contributed by atoms with Crippen LogP contribution >= 0.6 is 15.6 Å². The molecule has 18 heteroatoms. The van der Waals surface area contributed by atoms with Crippen molar-refractivity contribution in [3.63, 3.8) is 0 Å². The van der Waals surface area contributed by atoms with E-state index in [1.807, 2.05) is 0 Å². The molecule has 0 radical (unpaired) electrons. The Morgan fingerprint density at radius 1 is 0.266 bits per heavy atom. The average Bonchev–Trinajstić information content (AvgIpc) is 0.837. The quantitative estimate of drug-likeness (QED) is 0.0146. The third-order valence-corrected chi connectivity index (χ3v) is 20.6. The van der Waals surface area contributed by atoms with Crippen LogP contribution in [-0.4, -0.2) is 95.9 Å². The van der Waals surface area contributed by atoms with Crippen molar-refractivity contribution in [1.82, 2.24) is 0 Å². The summed E-state index contributed by atoms with van der Waals surface area (Å²) >= 11 is 0. The van der Waals surface area contributed by atoms with Gasteiger partial charge in [-0.2, -0.15) is 0 Å². The molecular weight excluding hydrogens is 1410 g/mol. The van der Waals surface area contributed by atoms with E-state index in [1.165, 1.54) is 193 Å². The molecule has 0 rings (SSSR count). The average molecular weight is 1570 g/mol. The van der Waals surface area contributed by atoms with E-state index in [4.69, 9.17) is 32.3 Å². The molecule has 0 aromatic rings. The van der Waals surface area contributed by atoms with Crippen LogP contribution in [0.2, 0.25) is 0 Å². The summed E-state index contributed by atoms with van der Waals surface area (Å²) in [6.45, 7) is 2.50. The predicted octanol–water partition coefficient (Wildman–Crippen LogP) is 26.4. The first kappa shape index (κ1) is 105. The molecule has 0 aromatic heterocycles. The van der Waals surface area contributed by atoms with Gasteiger partial charge in [-0.15, -0.1) is 0 Å². The highest BCUT2D eigenvalue weighted by atomic mass is 31.2. The number of unbranched alkanes of at least 4 members (excludes halogenated alkanes) is 40. The number of carbonyl (C=O) groups is 3.